The highest BCUT2D eigenvalue weighted by molar-refractivity contribution is 6.00. The number of pyridine rings is 1. The fraction of sp³-hybridized carbons (Fsp3) is 0.167. The summed E-state index contributed by atoms with van der Waals surface area (Å²) in [4.78, 5) is 15.2. The molecule has 0 unspecified atom stereocenters. The van der Waals surface area contributed by atoms with Crippen LogP contribution in [0, 0.1) is 18.6 Å². The van der Waals surface area contributed by atoms with Crippen LogP contribution in [-0.4, -0.2) is 20.6 Å². The van der Waals surface area contributed by atoms with Gasteiger partial charge in [-0.2, -0.15) is 0 Å². The maximum absolute atomic E-state index is 14.2. The van der Waals surface area contributed by atoms with Gasteiger partial charge < -0.3 is 9.67 Å². The average molecular weight is 406 g/mol. The van der Waals surface area contributed by atoms with Crippen LogP contribution >= 0.6 is 0 Å². The number of hydrogen-bond donors (Lipinski definition) is 1. The second-order valence-electron chi connectivity index (χ2n) is 7.58. The SMILES string of the molecule is Cc1cc(-n2c(C(C)C)c(-c3ccc(C(=O)O)nc3)c3cc(F)ccc32)ccc1F. The molecule has 0 aliphatic heterocycles. The van der Waals surface area contributed by atoms with Gasteiger partial charge in [-0.25, -0.2) is 18.6 Å². The van der Waals surface area contributed by atoms with Crippen molar-refractivity contribution in [2.75, 3.05) is 0 Å². The van der Waals surface area contributed by atoms with E-state index >= 15 is 0 Å². The zero-order chi connectivity index (χ0) is 21.6. The summed E-state index contributed by atoms with van der Waals surface area (Å²) >= 11 is 0. The Labute approximate surface area is 172 Å². The molecule has 2 aromatic heterocycles. The number of carboxylic acids is 1. The Kier molecular flexibility index (Phi) is 4.86. The zero-order valence-electron chi connectivity index (χ0n) is 16.8. The molecule has 4 rings (SSSR count). The predicted molar refractivity (Wildman–Crippen MR) is 112 cm³/mol. The minimum Gasteiger partial charge on any atom is -0.477 e. The first kappa shape index (κ1) is 19.8. The Morgan fingerprint density at radius 3 is 2.43 bits per heavy atom. The minimum absolute atomic E-state index is 0.0416. The Morgan fingerprint density at radius 2 is 1.83 bits per heavy atom. The molecule has 2 heterocycles. The number of halogens is 2. The molecule has 4 aromatic rings. The topological polar surface area (TPSA) is 55.1 Å². The van der Waals surface area contributed by atoms with Crippen molar-refractivity contribution in [2.24, 2.45) is 0 Å². The van der Waals surface area contributed by atoms with Crippen LogP contribution in [-0.2, 0) is 0 Å². The number of aryl methyl sites for hydroxylation is 1. The van der Waals surface area contributed by atoms with E-state index in [1.165, 1.54) is 30.5 Å². The number of nitrogens with zero attached hydrogens (tertiary/aromatic N) is 2. The Morgan fingerprint density at radius 1 is 1.07 bits per heavy atom. The number of carbonyl (C=O) groups is 1. The van der Waals surface area contributed by atoms with Gasteiger partial charge in [0.15, 0.2) is 0 Å². The van der Waals surface area contributed by atoms with Crippen molar-refractivity contribution in [3.63, 3.8) is 0 Å². The molecule has 152 valence electrons. The van der Waals surface area contributed by atoms with E-state index in [-0.39, 0.29) is 23.2 Å². The third-order valence-electron chi connectivity index (χ3n) is 5.18. The first-order chi connectivity index (χ1) is 14.3. The summed E-state index contributed by atoms with van der Waals surface area (Å²) in [6.07, 6.45) is 1.50. The number of rotatable bonds is 4. The summed E-state index contributed by atoms with van der Waals surface area (Å²) in [5, 5.41) is 9.84. The fourth-order valence-corrected chi connectivity index (χ4v) is 3.85. The number of benzene rings is 2. The molecule has 0 bridgehead atoms. The number of carboxylic acid groups (broad SMARTS) is 1. The Hall–Kier alpha value is -3.54. The summed E-state index contributed by atoms with van der Waals surface area (Å²) < 4.78 is 30.1. The molecule has 30 heavy (non-hydrogen) atoms. The van der Waals surface area contributed by atoms with Gasteiger partial charge in [0.2, 0.25) is 0 Å². The van der Waals surface area contributed by atoms with Crippen LogP contribution in [0.1, 0.15) is 41.5 Å². The van der Waals surface area contributed by atoms with Crippen molar-refractivity contribution in [3.05, 3.63) is 83.3 Å². The van der Waals surface area contributed by atoms with E-state index in [2.05, 4.69) is 4.98 Å². The van der Waals surface area contributed by atoms with Gasteiger partial charge in [-0.1, -0.05) is 19.9 Å². The van der Waals surface area contributed by atoms with Gasteiger partial charge in [0, 0.05) is 34.1 Å². The van der Waals surface area contributed by atoms with Gasteiger partial charge in [0.05, 0.1) is 5.52 Å². The van der Waals surface area contributed by atoms with E-state index in [1.54, 1.807) is 31.2 Å². The second kappa shape index (κ2) is 7.37. The smallest absolute Gasteiger partial charge is 0.354 e. The van der Waals surface area contributed by atoms with E-state index in [0.717, 1.165) is 22.5 Å². The van der Waals surface area contributed by atoms with Crippen LogP contribution in [0.3, 0.4) is 0 Å². The molecule has 6 heteroatoms. The van der Waals surface area contributed by atoms with Crippen molar-refractivity contribution < 1.29 is 18.7 Å². The molecule has 0 aliphatic rings. The van der Waals surface area contributed by atoms with E-state index in [4.69, 9.17) is 5.11 Å². The van der Waals surface area contributed by atoms with Crippen LogP contribution in [0.5, 0.6) is 0 Å². The standard InChI is InChI=1S/C24H20F2N2O2/c1-13(2)23-22(15-4-8-20(24(29)30)27-12-15)18-11-16(25)5-9-21(18)28(23)17-6-7-19(26)14(3)10-17/h4-13H,1-3H3,(H,29,30). The van der Waals surface area contributed by atoms with Crippen molar-refractivity contribution in [2.45, 2.75) is 26.7 Å². The molecule has 0 fully saturated rings. The van der Waals surface area contributed by atoms with Gasteiger partial charge in [-0.3, -0.25) is 0 Å². The normalized spacial score (nSPS) is 11.4. The van der Waals surface area contributed by atoms with Crippen LogP contribution in [0.4, 0.5) is 8.78 Å². The predicted octanol–water partition coefficient (Wildman–Crippen LogP) is 6.10. The lowest BCUT2D eigenvalue weighted by Crippen LogP contribution is -2.04. The molecule has 2 aromatic carbocycles. The van der Waals surface area contributed by atoms with Gasteiger partial charge >= 0.3 is 5.97 Å². The number of hydrogen-bond acceptors (Lipinski definition) is 2. The summed E-state index contributed by atoms with van der Waals surface area (Å²) in [6.45, 7) is 5.76. The lowest BCUT2D eigenvalue weighted by atomic mass is 9.97. The zero-order valence-corrected chi connectivity index (χ0v) is 16.8. The highest BCUT2D eigenvalue weighted by atomic mass is 19.1. The quantitative estimate of drug-likeness (QED) is 0.445. The van der Waals surface area contributed by atoms with Crippen LogP contribution in [0.2, 0.25) is 0 Å². The third kappa shape index (κ3) is 3.24. The van der Waals surface area contributed by atoms with Crippen LogP contribution < -0.4 is 0 Å². The Bertz CT molecular complexity index is 1270. The van der Waals surface area contributed by atoms with Gasteiger partial charge in [0.25, 0.3) is 0 Å². The third-order valence-corrected chi connectivity index (χ3v) is 5.18. The van der Waals surface area contributed by atoms with Crippen molar-refractivity contribution in [1.29, 1.82) is 0 Å². The molecule has 1 N–H and O–H groups in total. The largest absolute Gasteiger partial charge is 0.477 e. The lowest BCUT2D eigenvalue weighted by molar-refractivity contribution is 0.0690. The molecular weight excluding hydrogens is 386 g/mol. The van der Waals surface area contributed by atoms with Crippen molar-refractivity contribution in [1.82, 2.24) is 9.55 Å². The van der Waals surface area contributed by atoms with Gasteiger partial charge in [-0.15, -0.1) is 0 Å². The van der Waals surface area contributed by atoms with E-state index in [0.29, 0.717) is 16.5 Å². The van der Waals surface area contributed by atoms with Crippen molar-refractivity contribution in [3.8, 4) is 16.8 Å². The number of aromatic nitrogens is 2. The minimum atomic E-state index is -1.11. The number of fused-ring (bicyclic) bond motifs is 1. The monoisotopic (exact) mass is 406 g/mol. The maximum atomic E-state index is 14.2. The maximum Gasteiger partial charge on any atom is 0.354 e. The van der Waals surface area contributed by atoms with Crippen molar-refractivity contribution >= 4 is 16.9 Å². The molecular formula is C24H20F2N2O2. The number of aromatic carboxylic acids is 1. The molecule has 0 aliphatic carbocycles. The highest BCUT2D eigenvalue weighted by Gasteiger charge is 2.23. The first-order valence-corrected chi connectivity index (χ1v) is 9.58. The van der Waals surface area contributed by atoms with Crippen LogP contribution in [0.15, 0.2) is 54.7 Å². The fourth-order valence-electron chi connectivity index (χ4n) is 3.85. The van der Waals surface area contributed by atoms with Crippen LogP contribution in [0.25, 0.3) is 27.7 Å². The van der Waals surface area contributed by atoms with Gasteiger partial charge in [-0.05, 0) is 60.9 Å². The summed E-state index contributed by atoms with van der Waals surface area (Å²) in [6, 6.07) is 12.6. The van der Waals surface area contributed by atoms with E-state index in [9.17, 15) is 13.6 Å². The summed E-state index contributed by atoms with van der Waals surface area (Å²) in [5.41, 5.74) is 4.39. The molecule has 0 atom stereocenters. The summed E-state index contributed by atoms with van der Waals surface area (Å²) in [5.74, 6) is -1.73. The highest BCUT2D eigenvalue weighted by Crippen LogP contribution is 2.40. The molecule has 0 saturated carbocycles. The molecule has 0 radical (unpaired) electrons. The van der Waals surface area contributed by atoms with E-state index in [1.807, 2.05) is 18.4 Å². The van der Waals surface area contributed by atoms with Gasteiger partial charge in [0.1, 0.15) is 17.3 Å². The molecule has 0 spiro atoms. The first-order valence-electron chi connectivity index (χ1n) is 9.58. The lowest BCUT2D eigenvalue weighted by Gasteiger charge is -2.16. The second-order valence-corrected chi connectivity index (χ2v) is 7.58. The molecule has 0 saturated heterocycles. The summed E-state index contributed by atoms with van der Waals surface area (Å²) in [7, 11) is 0. The average Bonchev–Trinajstić information content (AvgIpc) is 3.04. The Balaban J connectivity index is 2.09. The molecule has 4 nitrogen and oxygen atoms in total. The van der Waals surface area contributed by atoms with E-state index < -0.39 is 5.97 Å². The molecule has 0 amide bonds.